The van der Waals surface area contributed by atoms with E-state index in [4.69, 9.17) is 5.84 Å². The van der Waals surface area contributed by atoms with Gasteiger partial charge in [0.05, 0.1) is 11.4 Å². The van der Waals surface area contributed by atoms with E-state index in [2.05, 4.69) is 410 Å². The molecule has 7 aliphatic heterocycles. The molecule has 0 unspecified atom stereocenters. The Labute approximate surface area is 681 Å². The van der Waals surface area contributed by atoms with Crippen molar-refractivity contribution in [3.05, 3.63) is 376 Å². The molecule has 16 aromatic rings. The topological polar surface area (TPSA) is 75.1 Å². The molecule has 0 amide bonds. The molecule has 1 fully saturated rings. The summed E-state index contributed by atoms with van der Waals surface area (Å²) in [4.78, 5) is 7.95. The summed E-state index contributed by atoms with van der Waals surface area (Å²) < 4.78 is 0. The molecule has 11 heteroatoms. The maximum absolute atomic E-state index is 7.14. The summed E-state index contributed by atoms with van der Waals surface area (Å²) in [6.45, 7) is 9.35. The third-order valence-electron chi connectivity index (χ3n) is 24.8. The number of para-hydroxylation sites is 4. The van der Waals surface area contributed by atoms with Crippen molar-refractivity contribution in [3.8, 4) is 89.0 Å². The quantitative estimate of drug-likeness (QED) is 0.0613. The summed E-state index contributed by atoms with van der Waals surface area (Å²) in [6, 6.07) is 136. The summed E-state index contributed by atoms with van der Waals surface area (Å²) in [7, 11) is 0. The average Bonchev–Trinajstić information content (AvgIpc) is 0.669. The molecule has 8 nitrogen and oxygen atoms in total. The Morgan fingerprint density at radius 3 is 1.03 bits per heavy atom. The Bertz CT molecular complexity index is 6090. The van der Waals surface area contributed by atoms with Crippen LogP contribution in [0.1, 0.15) is 47.0 Å². The Morgan fingerprint density at radius 1 is 0.259 bits per heavy atom. The van der Waals surface area contributed by atoms with Crippen molar-refractivity contribution >= 4 is 122 Å². The second-order valence-electron chi connectivity index (χ2n) is 32.8. The van der Waals surface area contributed by atoms with E-state index in [0.717, 1.165) is 78.6 Å². The highest BCUT2D eigenvalue weighted by Gasteiger charge is 2.53. The summed E-state index contributed by atoms with van der Waals surface area (Å²) in [5, 5.41) is 13.1. The predicted molar refractivity (Wildman–Crippen MR) is 495 cm³/mol. The molecule has 554 valence electrons. The van der Waals surface area contributed by atoms with Gasteiger partial charge >= 0.3 is 20.5 Å². The van der Waals surface area contributed by atoms with Gasteiger partial charge in [-0.2, -0.15) is 0 Å². The van der Waals surface area contributed by atoms with Crippen LogP contribution in [0.2, 0.25) is 0 Å². The van der Waals surface area contributed by atoms with E-state index in [1.54, 1.807) is 0 Å². The number of piperidine rings is 1. The molecule has 23 rings (SSSR count). The number of hydrazine groups is 1. The van der Waals surface area contributed by atoms with Crippen molar-refractivity contribution in [2.75, 3.05) is 30.1 Å². The fourth-order valence-corrected chi connectivity index (χ4v) is 20.3. The van der Waals surface area contributed by atoms with E-state index in [0.29, 0.717) is 11.1 Å². The first-order chi connectivity index (χ1) is 57.0. The molecule has 5 N–H and O–H groups in total. The average molecular weight is 1490 g/mol. The molecule has 0 atom stereocenters. The molecule has 7 heterocycles. The molecule has 0 bridgehead atoms. The van der Waals surface area contributed by atoms with Crippen LogP contribution >= 0.6 is 0 Å². The maximum atomic E-state index is 7.14. The zero-order valence-electron chi connectivity index (χ0n) is 65.5. The van der Waals surface area contributed by atoms with Gasteiger partial charge < -0.3 is 30.4 Å². The Morgan fingerprint density at radius 2 is 0.560 bits per heavy atom. The van der Waals surface area contributed by atoms with Crippen LogP contribution in [0.5, 0.6) is 0 Å². The number of benzene rings is 16. The number of anilines is 12. The number of nitrogens with one attached hydrogen (secondary N) is 3. The van der Waals surface area contributed by atoms with Gasteiger partial charge in [0, 0.05) is 112 Å². The fraction of sp³-hybridized carbons (Fsp3) is 0.0857. The van der Waals surface area contributed by atoms with E-state index in [1.807, 2.05) is 29.3 Å². The van der Waals surface area contributed by atoms with Crippen LogP contribution in [0.25, 0.3) is 89.0 Å². The van der Waals surface area contributed by atoms with Crippen molar-refractivity contribution in [1.82, 2.24) is 5.32 Å². The van der Waals surface area contributed by atoms with Crippen molar-refractivity contribution in [3.63, 3.8) is 0 Å². The number of nitrogens with zero attached hydrogens (tertiary/aromatic N) is 4. The maximum Gasteiger partial charge on any atom is 0.329 e. The highest BCUT2D eigenvalue weighted by Crippen LogP contribution is 2.57. The number of rotatable bonds is 10. The van der Waals surface area contributed by atoms with Crippen LogP contribution in [0, 0.1) is 0 Å². The van der Waals surface area contributed by atoms with E-state index in [1.165, 1.54) is 131 Å². The molecular weight excluding hydrogens is 1410 g/mol. The summed E-state index contributed by atoms with van der Waals surface area (Å²) >= 11 is 0. The van der Waals surface area contributed by atoms with Gasteiger partial charge in [-0.3, -0.25) is 5.01 Å². The van der Waals surface area contributed by atoms with Crippen LogP contribution in [0.4, 0.5) is 68.2 Å². The van der Waals surface area contributed by atoms with Gasteiger partial charge in [0.25, 0.3) is 0 Å². The Kier molecular flexibility index (Phi) is 17.3. The fourth-order valence-electron chi connectivity index (χ4n) is 20.3. The summed E-state index contributed by atoms with van der Waals surface area (Å²) in [6.07, 6.45) is 4.00. The van der Waals surface area contributed by atoms with Crippen molar-refractivity contribution in [2.24, 2.45) is 5.84 Å². The minimum Gasteiger partial charge on any atom is -0.376 e. The molecule has 1 saturated heterocycles. The SMILES string of the molecule is CC1(C)CCCC(C)(C)N1.NN(c1ccccc1-c1ccccc1)c1cccc(Nc2cccc(Nc3ccccc3-c3ccccc3)c2-c2ccccc2)c1-c1ccccc1.c1ccc2c(c1)B1c3cccc4c3-c3c(cccc3N3B4c4cccc5c4-c4c(cccc43)N3B5c4ccccc4-c4ccccc43)N1c1ccccc1-2. The monoisotopic (exact) mass is 1490 g/mol. The molecule has 0 aromatic heterocycles. The van der Waals surface area contributed by atoms with E-state index in [9.17, 15) is 0 Å². The van der Waals surface area contributed by atoms with Gasteiger partial charge in [0.2, 0.25) is 0 Å². The first-order valence-electron chi connectivity index (χ1n) is 40.8. The third-order valence-corrected chi connectivity index (χ3v) is 24.8. The predicted octanol–water partition coefficient (Wildman–Crippen LogP) is 22.2. The number of nitrogens with two attached hydrogens (primary N) is 1. The smallest absolute Gasteiger partial charge is 0.329 e. The van der Waals surface area contributed by atoms with Crippen LogP contribution in [0.15, 0.2) is 376 Å². The van der Waals surface area contributed by atoms with Gasteiger partial charge in [-0.15, -0.1) is 0 Å². The molecular formula is C105H85B3N8. The molecule has 0 spiro atoms. The second-order valence-corrected chi connectivity index (χ2v) is 32.8. The van der Waals surface area contributed by atoms with Gasteiger partial charge in [-0.1, -0.05) is 303 Å². The summed E-state index contributed by atoms with van der Waals surface area (Å²) in [5.74, 6) is 7.14. The van der Waals surface area contributed by atoms with Crippen LogP contribution < -0.4 is 74.0 Å². The minimum absolute atomic E-state index is 0.0377. The molecule has 16 aromatic carbocycles. The van der Waals surface area contributed by atoms with Crippen molar-refractivity contribution in [1.29, 1.82) is 0 Å². The van der Waals surface area contributed by atoms with Gasteiger partial charge in [0.15, 0.2) is 0 Å². The molecule has 0 aliphatic carbocycles. The first kappa shape index (κ1) is 70.3. The lowest BCUT2D eigenvalue weighted by Gasteiger charge is -2.52. The Hall–Kier alpha value is -13.6. The number of hydrogen-bond acceptors (Lipinski definition) is 8. The van der Waals surface area contributed by atoms with Crippen LogP contribution in [0.3, 0.4) is 0 Å². The normalized spacial score (nSPS) is 14.3. The van der Waals surface area contributed by atoms with Gasteiger partial charge in [-0.25, -0.2) is 5.84 Å². The lowest BCUT2D eigenvalue weighted by Crippen LogP contribution is -2.68. The van der Waals surface area contributed by atoms with Crippen LogP contribution in [-0.2, 0) is 0 Å². The minimum atomic E-state index is 0.0377. The second kappa shape index (κ2) is 28.5. The zero-order valence-corrected chi connectivity index (χ0v) is 65.5. The lowest BCUT2D eigenvalue weighted by molar-refractivity contribution is 0.183. The van der Waals surface area contributed by atoms with E-state index in [-0.39, 0.29) is 20.5 Å². The molecule has 7 aliphatic rings. The zero-order chi connectivity index (χ0) is 77.8. The number of fused-ring (bicyclic) bond motifs is 21. The van der Waals surface area contributed by atoms with Gasteiger partial charge in [-0.05, 0) is 197 Å². The first-order valence-corrected chi connectivity index (χ1v) is 40.8. The third kappa shape index (κ3) is 11.8. The van der Waals surface area contributed by atoms with E-state index >= 15 is 0 Å². The molecule has 0 saturated carbocycles. The van der Waals surface area contributed by atoms with Gasteiger partial charge in [0.1, 0.15) is 0 Å². The number of hydrogen-bond donors (Lipinski definition) is 4. The molecule has 116 heavy (non-hydrogen) atoms. The molecule has 0 radical (unpaired) electrons. The standard InChI is InChI=1S/C48H28B3N3.C48H38N4.C9H19N/c1-5-17-33-29(13-1)31-15-3-7-23-39(31)52-41-25-11-27-43-47(41)45-35(49(33)52)19-9-21-37(45)51-38-22-10-20-36-46(38)48-42(26-12-28-44(48)54(43)51)53-40-24-8-4-16-32(40)30-14-2-6-18-34(30)50(36)53;49-52(45-33-16-14-28-40(45)36-21-7-2-8-22-36)46-34-18-32-44(48(46)38-25-11-4-12-26-38)51-43-31-17-30-42(47(43)37-23-9-3-10-24-37)50-41-29-15-13-27-39(41)35-19-5-1-6-20-35;1-8(2)6-5-7-9(3,4)10-8/h1-28H;1-34,50-51H,49H2;10H,5-7H2,1-4H3. The Balaban J connectivity index is 0.000000130. The highest BCUT2D eigenvalue weighted by molar-refractivity contribution is 6.99. The lowest BCUT2D eigenvalue weighted by atomic mass is 9.35. The largest absolute Gasteiger partial charge is 0.376 e. The van der Waals surface area contributed by atoms with Crippen LogP contribution in [-0.4, -0.2) is 31.6 Å². The van der Waals surface area contributed by atoms with Crippen molar-refractivity contribution < 1.29 is 0 Å². The van der Waals surface area contributed by atoms with E-state index < -0.39 is 0 Å². The highest BCUT2D eigenvalue weighted by atomic mass is 15.4. The van der Waals surface area contributed by atoms with Crippen molar-refractivity contribution in [2.45, 2.75) is 58.0 Å². The summed E-state index contributed by atoms with van der Waals surface area (Å²) in [5.41, 5.74) is 41.9.